The predicted molar refractivity (Wildman–Crippen MR) is 102 cm³/mol. The molecule has 2 unspecified atom stereocenters. The maximum absolute atomic E-state index is 10.0. The van der Waals surface area contributed by atoms with Crippen LogP contribution >= 0.6 is 0 Å². The standard InChI is InChI=1S/C23H18N2/c24-17-23(19-10-3-1-4-11-19)25(20-12-5-2-6-13-20)22-16-15-18-9-7-8-14-21(18)22/h1-16,22-23H. The van der Waals surface area contributed by atoms with Crippen LogP contribution in [0, 0.1) is 11.3 Å². The molecule has 0 aliphatic heterocycles. The zero-order valence-corrected chi connectivity index (χ0v) is 13.8. The molecule has 4 rings (SSSR count). The Hall–Kier alpha value is -3.31. The zero-order chi connectivity index (χ0) is 17.1. The van der Waals surface area contributed by atoms with Gasteiger partial charge in [0.15, 0.2) is 0 Å². The third-order valence-corrected chi connectivity index (χ3v) is 4.64. The first kappa shape index (κ1) is 15.2. The van der Waals surface area contributed by atoms with Crippen LogP contribution in [-0.2, 0) is 0 Å². The van der Waals surface area contributed by atoms with E-state index in [0.717, 1.165) is 11.3 Å². The Labute approximate surface area is 148 Å². The lowest BCUT2D eigenvalue weighted by Gasteiger charge is -2.35. The summed E-state index contributed by atoms with van der Waals surface area (Å²) in [4.78, 5) is 2.21. The molecular weight excluding hydrogens is 304 g/mol. The van der Waals surface area contributed by atoms with Gasteiger partial charge in [0.2, 0.25) is 0 Å². The molecule has 3 aromatic rings. The van der Waals surface area contributed by atoms with Crippen LogP contribution in [0.25, 0.3) is 6.08 Å². The highest BCUT2D eigenvalue weighted by Gasteiger charge is 2.30. The van der Waals surface area contributed by atoms with Gasteiger partial charge in [-0.25, -0.2) is 0 Å². The van der Waals surface area contributed by atoms with Crippen LogP contribution in [0.1, 0.15) is 28.8 Å². The van der Waals surface area contributed by atoms with E-state index in [0.29, 0.717) is 0 Å². The third kappa shape index (κ3) is 2.81. The van der Waals surface area contributed by atoms with Crippen molar-refractivity contribution in [3.05, 3.63) is 108 Å². The molecule has 1 aliphatic rings. The fourth-order valence-corrected chi connectivity index (χ4v) is 3.48. The highest BCUT2D eigenvalue weighted by molar-refractivity contribution is 5.67. The molecule has 0 aromatic heterocycles. The summed E-state index contributed by atoms with van der Waals surface area (Å²) in [5.74, 6) is 0. The van der Waals surface area contributed by atoms with Crippen molar-refractivity contribution in [1.82, 2.24) is 0 Å². The number of benzene rings is 3. The van der Waals surface area contributed by atoms with Gasteiger partial charge >= 0.3 is 0 Å². The minimum atomic E-state index is -0.357. The molecular formula is C23H18N2. The van der Waals surface area contributed by atoms with Crippen molar-refractivity contribution in [2.75, 3.05) is 4.90 Å². The molecule has 0 N–H and O–H groups in total. The molecule has 3 aromatic carbocycles. The Morgan fingerprint density at radius 3 is 2.16 bits per heavy atom. The number of para-hydroxylation sites is 1. The Kier molecular flexibility index (Phi) is 4.06. The highest BCUT2D eigenvalue weighted by atomic mass is 15.2. The average molecular weight is 322 g/mol. The summed E-state index contributed by atoms with van der Waals surface area (Å²) in [6.45, 7) is 0. The molecule has 1 aliphatic carbocycles. The van der Waals surface area contributed by atoms with Crippen molar-refractivity contribution >= 4 is 11.8 Å². The smallest absolute Gasteiger partial charge is 0.143 e. The molecule has 25 heavy (non-hydrogen) atoms. The first-order chi connectivity index (χ1) is 12.4. The van der Waals surface area contributed by atoms with Crippen LogP contribution in [-0.4, -0.2) is 0 Å². The van der Waals surface area contributed by atoms with Crippen molar-refractivity contribution in [1.29, 1.82) is 5.26 Å². The number of fused-ring (bicyclic) bond motifs is 1. The molecule has 0 saturated heterocycles. The lowest BCUT2D eigenvalue weighted by Crippen LogP contribution is -2.30. The Balaban J connectivity index is 1.84. The minimum absolute atomic E-state index is 0.0449. The first-order valence-corrected chi connectivity index (χ1v) is 8.43. The molecule has 2 nitrogen and oxygen atoms in total. The van der Waals surface area contributed by atoms with Gasteiger partial charge in [-0.15, -0.1) is 0 Å². The minimum Gasteiger partial charge on any atom is -0.341 e. The van der Waals surface area contributed by atoms with E-state index in [1.807, 2.05) is 48.5 Å². The largest absolute Gasteiger partial charge is 0.341 e. The van der Waals surface area contributed by atoms with Gasteiger partial charge in [-0.05, 0) is 28.8 Å². The van der Waals surface area contributed by atoms with Crippen LogP contribution in [0.5, 0.6) is 0 Å². The van der Waals surface area contributed by atoms with Gasteiger partial charge < -0.3 is 4.90 Å². The van der Waals surface area contributed by atoms with E-state index in [9.17, 15) is 5.26 Å². The molecule has 0 saturated carbocycles. The monoisotopic (exact) mass is 322 g/mol. The number of nitrogens with zero attached hydrogens (tertiary/aromatic N) is 2. The van der Waals surface area contributed by atoms with Crippen molar-refractivity contribution in [3.8, 4) is 6.07 Å². The van der Waals surface area contributed by atoms with E-state index in [2.05, 4.69) is 59.5 Å². The molecule has 0 bridgehead atoms. The average Bonchev–Trinajstić information content (AvgIpc) is 3.11. The van der Waals surface area contributed by atoms with Gasteiger partial charge in [-0.1, -0.05) is 84.9 Å². The maximum atomic E-state index is 10.0. The van der Waals surface area contributed by atoms with Crippen LogP contribution < -0.4 is 4.90 Å². The van der Waals surface area contributed by atoms with E-state index in [1.54, 1.807) is 0 Å². The molecule has 0 spiro atoms. The summed E-state index contributed by atoms with van der Waals surface area (Å²) >= 11 is 0. The number of hydrogen-bond donors (Lipinski definition) is 0. The van der Waals surface area contributed by atoms with E-state index < -0.39 is 0 Å². The second kappa shape index (κ2) is 6.67. The first-order valence-electron chi connectivity index (χ1n) is 8.43. The highest BCUT2D eigenvalue weighted by Crippen LogP contribution is 2.40. The van der Waals surface area contributed by atoms with Crippen LogP contribution in [0.2, 0.25) is 0 Å². The van der Waals surface area contributed by atoms with Crippen LogP contribution in [0.4, 0.5) is 5.69 Å². The van der Waals surface area contributed by atoms with Crippen molar-refractivity contribution in [2.45, 2.75) is 12.1 Å². The van der Waals surface area contributed by atoms with Crippen molar-refractivity contribution in [2.24, 2.45) is 0 Å². The van der Waals surface area contributed by atoms with Gasteiger partial charge in [0.1, 0.15) is 6.04 Å². The van der Waals surface area contributed by atoms with E-state index >= 15 is 0 Å². The topological polar surface area (TPSA) is 27.0 Å². The summed E-state index contributed by atoms with van der Waals surface area (Å²) in [6, 6.07) is 30.8. The zero-order valence-electron chi connectivity index (χ0n) is 13.8. The fourth-order valence-electron chi connectivity index (χ4n) is 3.48. The van der Waals surface area contributed by atoms with Crippen molar-refractivity contribution < 1.29 is 0 Å². The second-order valence-electron chi connectivity index (χ2n) is 6.12. The van der Waals surface area contributed by atoms with E-state index in [4.69, 9.17) is 0 Å². The Morgan fingerprint density at radius 2 is 1.44 bits per heavy atom. The lowest BCUT2D eigenvalue weighted by molar-refractivity contribution is 0.677. The Morgan fingerprint density at radius 1 is 0.800 bits per heavy atom. The normalized spacial score (nSPS) is 16.0. The van der Waals surface area contributed by atoms with Gasteiger partial charge in [-0.2, -0.15) is 5.26 Å². The molecule has 0 amide bonds. The summed E-state index contributed by atoms with van der Waals surface area (Å²) < 4.78 is 0. The van der Waals surface area contributed by atoms with E-state index in [1.165, 1.54) is 11.1 Å². The van der Waals surface area contributed by atoms with E-state index in [-0.39, 0.29) is 12.1 Å². The SMILES string of the molecule is N#CC(c1ccccc1)N(c1ccccc1)C1C=Cc2ccccc21. The summed E-state index contributed by atoms with van der Waals surface area (Å²) in [7, 11) is 0. The molecule has 120 valence electrons. The molecule has 0 heterocycles. The van der Waals surface area contributed by atoms with Gasteiger partial charge in [0.05, 0.1) is 12.1 Å². The molecule has 2 heteroatoms. The number of rotatable bonds is 4. The molecule has 0 fully saturated rings. The summed E-state index contributed by atoms with van der Waals surface area (Å²) in [5.41, 5.74) is 4.51. The van der Waals surface area contributed by atoms with Gasteiger partial charge in [0, 0.05) is 5.69 Å². The molecule has 0 radical (unpaired) electrons. The van der Waals surface area contributed by atoms with Crippen LogP contribution in [0.15, 0.2) is 91.0 Å². The number of hydrogen-bond acceptors (Lipinski definition) is 2. The third-order valence-electron chi connectivity index (χ3n) is 4.64. The second-order valence-corrected chi connectivity index (χ2v) is 6.12. The summed E-state index contributed by atoms with van der Waals surface area (Å²) in [5, 5.41) is 10.0. The number of anilines is 1. The lowest BCUT2D eigenvalue weighted by atomic mass is 9.99. The quantitative estimate of drug-likeness (QED) is 0.632. The fraction of sp³-hybridized carbons (Fsp3) is 0.0870. The molecule has 2 atom stereocenters. The van der Waals surface area contributed by atoms with Gasteiger partial charge in [0.25, 0.3) is 0 Å². The van der Waals surface area contributed by atoms with Gasteiger partial charge in [-0.3, -0.25) is 0 Å². The Bertz CT molecular complexity index is 923. The van der Waals surface area contributed by atoms with Crippen LogP contribution in [0.3, 0.4) is 0 Å². The maximum Gasteiger partial charge on any atom is 0.143 e. The predicted octanol–water partition coefficient (Wildman–Crippen LogP) is 5.53. The summed E-state index contributed by atoms with van der Waals surface area (Å²) in [6.07, 6.45) is 4.33. The number of nitriles is 1. The van der Waals surface area contributed by atoms with Crippen molar-refractivity contribution in [3.63, 3.8) is 0 Å².